The van der Waals surface area contributed by atoms with E-state index in [0.717, 1.165) is 29.5 Å². The van der Waals surface area contributed by atoms with E-state index in [1.54, 1.807) is 13.0 Å². The summed E-state index contributed by atoms with van der Waals surface area (Å²) in [7, 11) is 1.36. The molecule has 0 aliphatic carbocycles. The van der Waals surface area contributed by atoms with Crippen LogP contribution in [0.1, 0.15) is 37.8 Å². The minimum absolute atomic E-state index is 0.200. The van der Waals surface area contributed by atoms with E-state index in [1.165, 1.54) is 12.0 Å². The Hall–Kier alpha value is -3.15. The molecule has 2 amide bonds. The zero-order valence-corrected chi connectivity index (χ0v) is 23.6. The van der Waals surface area contributed by atoms with Crippen molar-refractivity contribution in [3.63, 3.8) is 0 Å². The van der Waals surface area contributed by atoms with Crippen molar-refractivity contribution >= 4 is 47.0 Å². The maximum atomic E-state index is 13.5. The first-order valence-electron chi connectivity index (χ1n) is 12.9. The molecule has 3 fully saturated rings. The molecule has 41 heavy (non-hydrogen) atoms. The number of piperidine rings is 1. The van der Waals surface area contributed by atoms with Crippen LogP contribution in [0.2, 0.25) is 10.0 Å². The highest BCUT2D eigenvalue weighted by Gasteiger charge is 2.72. The fourth-order valence-electron chi connectivity index (χ4n) is 6.28. The van der Waals surface area contributed by atoms with Gasteiger partial charge >= 0.3 is 18.1 Å². The molecule has 0 unspecified atom stereocenters. The molecule has 5 rings (SSSR count). The van der Waals surface area contributed by atoms with Gasteiger partial charge in [-0.25, -0.2) is 4.79 Å². The number of fused-ring (bicyclic) bond motifs is 3. The van der Waals surface area contributed by atoms with Gasteiger partial charge in [0.05, 0.1) is 29.0 Å². The lowest BCUT2D eigenvalue weighted by atomic mass is 9.75. The summed E-state index contributed by atoms with van der Waals surface area (Å²) in [5, 5.41) is 8.10. The molecule has 0 saturated carbocycles. The molecule has 8 nitrogen and oxygen atoms in total. The van der Waals surface area contributed by atoms with Crippen LogP contribution in [0.4, 0.5) is 13.2 Å². The SMILES string of the molecule is CCN1C(=O)[C@H]2[C@@H](c3ccc(-c4ccc(Cl)c(Cl)c4)cc3)N3CCCC[C@@]3(C(=O)OC)[C@H]2C1=O.O=C(O)C(F)(F)F. The maximum Gasteiger partial charge on any atom is 0.490 e. The Labute approximate surface area is 243 Å². The molecule has 1 N–H and O–H groups in total. The minimum Gasteiger partial charge on any atom is -0.475 e. The molecule has 2 aromatic rings. The van der Waals surface area contributed by atoms with E-state index in [9.17, 15) is 27.6 Å². The maximum absolute atomic E-state index is 13.5. The molecule has 4 atom stereocenters. The first-order valence-corrected chi connectivity index (χ1v) is 13.6. The molecular weight excluding hydrogens is 588 g/mol. The van der Waals surface area contributed by atoms with Crippen LogP contribution in [0, 0.1) is 11.8 Å². The van der Waals surface area contributed by atoms with Crippen LogP contribution < -0.4 is 0 Å². The number of esters is 1. The van der Waals surface area contributed by atoms with Gasteiger partial charge in [0.1, 0.15) is 5.54 Å². The third-order valence-corrected chi connectivity index (χ3v) is 8.69. The van der Waals surface area contributed by atoms with Gasteiger partial charge in [0.15, 0.2) is 0 Å². The number of carbonyl (C=O) groups is 4. The zero-order valence-electron chi connectivity index (χ0n) is 22.1. The van der Waals surface area contributed by atoms with E-state index >= 15 is 0 Å². The summed E-state index contributed by atoms with van der Waals surface area (Å²) in [6.45, 7) is 2.72. The second-order valence-electron chi connectivity index (χ2n) is 9.99. The third kappa shape index (κ3) is 5.30. The monoisotopic (exact) mass is 614 g/mol. The predicted octanol–water partition coefficient (Wildman–Crippen LogP) is 5.37. The average Bonchev–Trinajstić information content (AvgIpc) is 3.39. The lowest BCUT2D eigenvalue weighted by Crippen LogP contribution is -2.59. The number of carboxylic acid groups (broad SMARTS) is 1. The van der Waals surface area contributed by atoms with Gasteiger partial charge in [-0.1, -0.05) is 53.5 Å². The third-order valence-electron chi connectivity index (χ3n) is 7.96. The number of amides is 2. The number of carbonyl (C=O) groups excluding carboxylic acids is 3. The second kappa shape index (κ2) is 11.6. The number of ether oxygens (including phenoxy) is 1. The van der Waals surface area contributed by atoms with Gasteiger partial charge in [-0.3, -0.25) is 24.2 Å². The molecule has 3 saturated heterocycles. The molecule has 0 bridgehead atoms. The number of imide groups is 1. The number of carboxylic acids is 1. The first-order chi connectivity index (χ1) is 19.3. The highest BCUT2D eigenvalue weighted by atomic mass is 35.5. The lowest BCUT2D eigenvalue weighted by Gasteiger charge is -2.44. The van der Waals surface area contributed by atoms with Crippen LogP contribution in [0.5, 0.6) is 0 Å². The molecule has 220 valence electrons. The van der Waals surface area contributed by atoms with E-state index in [0.29, 0.717) is 29.6 Å². The van der Waals surface area contributed by atoms with Gasteiger partial charge in [0, 0.05) is 12.6 Å². The molecule has 0 spiro atoms. The van der Waals surface area contributed by atoms with E-state index in [4.69, 9.17) is 37.8 Å². The number of methoxy groups -OCH3 is 1. The average molecular weight is 615 g/mol. The normalized spacial score (nSPS) is 25.7. The van der Waals surface area contributed by atoms with Crippen LogP contribution >= 0.6 is 23.2 Å². The van der Waals surface area contributed by atoms with Gasteiger partial charge < -0.3 is 9.84 Å². The predicted molar refractivity (Wildman–Crippen MR) is 143 cm³/mol. The van der Waals surface area contributed by atoms with Crippen molar-refractivity contribution in [1.29, 1.82) is 0 Å². The summed E-state index contributed by atoms with van der Waals surface area (Å²) in [6, 6.07) is 13.0. The largest absolute Gasteiger partial charge is 0.490 e. The Bertz CT molecular complexity index is 1370. The van der Waals surface area contributed by atoms with Gasteiger partial charge in [-0.2, -0.15) is 13.2 Å². The molecule has 3 aliphatic heterocycles. The van der Waals surface area contributed by atoms with Gasteiger partial charge in [0.25, 0.3) is 0 Å². The Morgan fingerprint density at radius 3 is 2.17 bits per heavy atom. The number of alkyl halides is 3. The molecule has 13 heteroatoms. The summed E-state index contributed by atoms with van der Waals surface area (Å²) < 4.78 is 37.0. The van der Waals surface area contributed by atoms with Crippen molar-refractivity contribution in [2.45, 2.75) is 43.9 Å². The number of halogens is 5. The molecule has 0 aromatic heterocycles. The van der Waals surface area contributed by atoms with Crippen molar-refractivity contribution in [2.75, 3.05) is 20.2 Å². The molecule has 3 aliphatic rings. The quantitative estimate of drug-likeness (QED) is 0.365. The minimum atomic E-state index is -5.08. The molecule has 2 aromatic carbocycles. The fourth-order valence-corrected chi connectivity index (χ4v) is 6.57. The summed E-state index contributed by atoms with van der Waals surface area (Å²) in [5.41, 5.74) is 1.68. The van der Waals surface area contributed by atoms with Crippen LogP contribution in [-0.2, 0) is 23.9 Å². The second-order valence-corrected chi connectivity index (χ2v) is 10.8. The number of benzene rings is 2. The lowest BCUT2D eigenvalue weighted by molar-refractivity contribution is -0.192. The van der Waals surface area contributed by atoms with Crippen molar-refractivity contribution < 1.29 is 42.2 Å². The number of nitrogens with zero attached hydrogens (tertiary/aromatic N) is 2. The Morgan fingerprint density at radius 1 is 1.02 bits per heavy atom. The standard InChI is InChI=1S/C26H26Cl2N2O4.C2HF3O2/c1-3-29-23(31)20-21(24(29)32)26(25(33)34-2)12-4-5-13-30(26)22(20)16-8-6-15(7-9-16)17-10-11-18(27)19(28)14-17;3-2(4,5)1(6)7/h6-11,14,20-22H,3-5,12-13H2,1-2H3;(H,6,7)/t20-,21-,22-,26+;/m1./s1. The smallest absolute Gasteiger partial charge is 0.475 e. The van der Waals surface area contributed by atoms with Crippen molar-refractivity contribution in [1.82, 2.24) is 9.80 Å². The van der Waals surface area contributed by atoms with Crippen LogP contribution in [0.3, 0.4) is 0 Å². The highest BCUT2D eigenvalue weighted by molar-refractivity contribution is 6.42. The van der Waals surface area contributed by atoms with Crippen molar-refractivity contribution in [3.05, 3.63) is 58.1 Å². The summed E-state index contributed by atoms with van der Waals surface area (Å²) in [4.78, 5) is 52.4. The molecule has 3 heterocycles. The van der Waals surface area contributed by atoms with Crippen LogP contribution in [0.25, 0.3) is 11.1 Å². The molecular formula is C28H27Cl2F3N2O6. The number of aliphatic carboxylic acids is 1. The summed E-state index contributed by atoms with van der Waals surface area (Å²) >= 11 is 12.3. The van der Waals surface area contributed by atoms with Gasteiger partial charge in [0.2, 0.25) is 11.8 Å². The number of hydrogen-bond acceptors (Lipinski definition) is 6. The Balaban J connectivity index is 0.000000493. The van der Waals surface area contributed by atoms with E-state index < -0.39 is 35.5 Å². The van der Waals surface area contributed by atoms with Crippen LogP contribution in [-0.4, -0.2) is 70.6 Å². The first kappa shape index (κ1) is 30.8. The number of rotatable bonds is 4. The zero-order chi connectivity index (χ0) is 30.3. The van der Waals surface area contributed by atoms with Gasteiger partial charge in [-0.05, 0) is 61.6 Å². The van der Waals surface area contributed by atoms with E-state index in [2.05, 4.69) is 4.90 Å². The fraction of sp³-hybridized carbons (Fsp3) is 0.429. The topological polar surface area (TPSA) is 104 Å². The van der Waals surface area contributed by atoms with Crippen LogP contribution in [0.15, 0.2) is 42.5 Å². The van der Waals surface area contributed by atoms with E-state index in [1.807, 2.05) is 36.4 Å². The highest BCUT2D eigenvalue weighted by Crippen LogP contribution is 2.58. The van der Waals surface area contributed by atoms with Crippen molar-refractivity contribution in [2.24, 2.45) is 11.8 Å². The Kier molecular flexibility index (Phi) is 8.73. The summed E-state index contributed by atoms with van der Waals surface area (Å²) in [5.74, 6) is -4.98. The Morgan fingerprint density at radius 2 is 1.63 bits per heavy atom. The van der Waals surface area contributed by atoms with Gasteiger partial charge in [-0.15, -0.1) is 0 Å². The number of likely N-dealkylation sites (tertiary alicyclic amines) is 1. The molecule has 0 radical (unpaired) electrons. The van der Waals surface area contributed by atoms with Crippen molar-refractivity contribution in [3.8, 4) is 11.1 Å². The summed E-state index contributed by atoms with van der Waals surface area (Å²) in [6.07, 6.45) is -2.86. The van der Waals surface area contributed by atoms with E-state index in [-0.39, 0.29) is 17.9 Å². The number of hydrogen-bond donors (Lipinski definition) is 1.